The molecule has 0 radical (unpaired) electrons. The Morgan fingerprint density at radius 2 is 1.18 bits per heavy atom. The van der Waals surface area contributed by atoms with Gasteiger partial charge in [-0.25, -0.2) is 9.59 Å². The number of rotatable bonds is 4. The lowest BCUT2D eigenvalue weighted by atomic mass is 9.57. The van der Waals surface area contributed by atoms with Gasteiger partial charge in [-0.2, -0.15) is 0 Å². The molecule has 2 saturated carbocycles. The topological polar surface area (TPSA) is 43.4 Å². The number of allylic oxidation sites excluding steroid dienone is 4. The fraction of sp³-hybridized carbons (Fsp3) is 0.667. The normalized spacial score (nSPS) is 38.2. The summed E-state index contributed by atoms with van der Waals surface area (Å²) in [6, 6.07) is 0. The highest BCUT2D eigenvalue weighted by Gasteiger charge is 2.45. The zero-order valence-electron chi connectivity index (χ0n) is 21.2. The number of ether oxygens (including phenoxy) is 1. The van der Waals surface area contributed by atoms with Crippen LogP contribution < -0.4 is 0 Å². The van der Waals surface area contributed by atoms with Crippen molar-refractivity contribution in [2.75, 3.05) is 0 Å². The summed E-state index contributed by atoms with van der Waals surface area (Å²) in [7, 11) is 0. The van der Waals surface area contributed by atoms with Crippen molar-refractivity contribution < 1.29 is 14.3 Å². The Morgan fingerprint density at radius 3 is 1.58 bits per heavy atom. The van der Waals surface area contributed by atoms with Crippen LogP contribution in [-0.4, -0.2) is 11.9 Å². The molecule has 0 aliphatic heterocycles. The molecule has 0 aromatic heterocycles. The van der Waals surface area contributed by atoms with Crippen LogP contribution in [0.25, 0.3) is 0 Å². The van der Waals surface area contributed by atoms with E-state index < -0.39 is 11.9 Å². The van der Waals surface area contributed by atoms with Crippen LogP contribution in [0, 0.1) is 34.5 Å². The summed E-state index contributed by atoms with van der Waals surface area (Å²) in [5.41, 5.74) is 4.44. The van der Waals surface area contributed by atoms with Crippen molar-refractivity contribution in [2.24, 2.45) is 34.5 Å². The van der Waals surface area contributed by atoms with Crippen LogP contribution in [0.3, 0.4) is 0 Å². The van der Waals surface area contributed by atoms with E-state index in [0.717, 1.165) is 51.4 Å². The van der Waals surface area contributed by atoms with Crippen LogP contribution in [0.4, 0.5) is 0 Å². The molecule has 3 nitrogen and oxygen atoms in total. The summed E-state index contributed by atoms with van der Waals surface area (Å²) >= 11 is 0. The molecule has 0 spiro atoms. The summed E-state index contributed by atoms with van der Waals surface area (Å²) in [4.78, 5) is 25.8. The highest BCUT2D eigenvalue weighted by molar-refractivity contribution is 6.01. The molecular weight excluding hydrogens is 408 g/mol. The van der Waals surface area contributed by atoms with Crippen molar-refractivity contribution in [1.29, 1.82) is 0 Å². The fourth-order valence-corrected chi connectivity index (χ4v) is 7.52. The first-order valence-electron chi connectivity index (χ1n) is 13.0. The monoisotopic (exact) mass is 450 g/mol. The molecule has 0 amide bonds. The van der Waals surface area contributed by atoms with Crippen LogP contribution in [-0.2, 0) is 14.3 Å². The second-order valence-corrected chi connectivity index (χ2v) is 12.1. The molecule has 0 saturated heterocycles. The molecule has 4 aliphatic rings. The van der Waals surface area contributed by atoms with Crippen LogP contribution in [0.2, 0.25) is 0 Å². The molecule has 2 fully saturated rings. The summed E-state index contributed by atoms with van der Waals surface area (Å²) in [5, 5.41) is 0. The Balaban J connectivity index is 1.35. The maximum absolute atomic E-state index is 12.9. The maximum Gasteiger partial charge on any atom is 0.341 e. The SMILES string of the molecule is C=C(C(=O)OC(=O)C(=C)[C@@H]1CC[C@@]2(C)CCC=C(C)[C@@H]2C1)[C@@H]1CC[C@@]2(C)CCC=C(C)[C@@H]2C1. The first kappa shape index (κ1) is 24.2. The quantitative estimate of drug-likeness (QED) is 0.193. The van der Waals surface area contributed by atoms with E-state index in [4.69, 9.17) is 4.74 Å². The zero-order chi connectivity index (χ0) is 24.0. The van der Waals surface area contributed by atoms with E-state index in [1.807, 2.05) is 0 Å². The third-order valence-corrected chi connectivity index (χ3v) is 10.0. The van der Waals surface area contributed by atoms with Crippen LogP contribution >= 0.6 is 0 Å². The number of hydrogen-bond acceptors (Lipinski definition) is 3. The number of fused-ring (bicyclic) bond motifs is 2. The highest BCUT2D eigenvalue weighted by Crippen LogP contribution is 2.54. The van der Waals surface area contributed by atoms with Crippen molar-refractivity contribution in [2.45, 2.75) is 91.9 Å². The average molecular weight is 451 g/mol. The number of hydrogen-bond donors (Lipinski definition) is 0. The third-order valence-electron chi connectivity index (χ3n) is 10.0. The van der Waals surface area contributed by atoms with Gasteiger partial charge in [-0.05, 0) is 113 Å². The van der Waals surface area contributed by atoms with Gasteiger partial charge >= 0.3 is 11.9 Å². The number of carbonyl (C=O) groups is 2. The van der Waals surface area contributed by atoms with Crippen molar-refractivity contribution in [3.05, 3.63) is 47.6 Å². The van der Waals surface area contributed by atoms with Gasteiger partial charge in [0.2, 0.25) is 0 Å². The molecule has 180 valence electrons. The summed E-state index contributed by atoms with van der Waals surface area (Å²) in [6.07, 6.45) is 15.4. The minimum Gasteiger partial charge on any atom is -0.386 e. The standard InChI is InChI=1S/C30H42O3/c1-19-9-7-13-29(5)15-11-23(17-25(19)29)21(3)27(31)33-28(32)22(4)24-12-16-30(6)14-8-10-20(2)26(30)18-24/h9-10,23-26H,3-4,7-8,11-18H2,1-2,5-6H3/t23-,24-,25+,26+,29-,30-/m1/s1. The lowest BCUT2D eigenvalue weighted by Gasteiger charge is -2.48. The number of esters is 2. The Kier molecular flexibility index (Phi) is 6.64. The van der Waals surface area contributed by atoms with E-state index in [1.54, 1.807) is 0 Å². The van der Waals surface area contributed by atoms with E-state index in [0.29, 0.717) is 33.8 Å². The molecule has 0 aromatic carbocycles. The Labute approximate surface area is 200 Å². The zero-order valence-corrected chi connectivity index (χ0v) is 21.2. The van der Waals surface area contributed by atoms with Crippen LogP contribution in [0.1, 0.15) is 91.9 Å². The second kappa shape index (κ2) is 9.04. The van der Waals surface area contributed by atoms with Crippen molar-refractivity contribution in [3.63, 3.8) is 0 Å². The predicted molar refractivity (Wildman–Crippen MR) is 133 cm³/mol. The van der Waals surface area contributed by atoms with Crippen LogP contribution in [0.15, 0.2) is 47.6 Å². The molecule has 0 heterocycles. The van der Waals surface area contributed by atoms with E-state index in [2.05, 4.69) is 53.0 Å². The van der Waals surface area contributed by atoms with E-state index in [1.165, 1.54) is 24.0 Å². The van der Waals surface area contributed by atoms with Crippen molar-refractivity contribution >= 4 is 11.9 Å². The molecule has 6 atom stereocenters. The molecule has 0 bridgehead atoms. The molecule has 3 heteroatoms. The van der Waals surface area contributed by atoms with Gasteiger partial charge in [0.05, 0.1) is 0 Å². The minimum absolute atomic E-state index is 0.0866. The van der Waals surface area contributed by atoms with Gasteiger partial charge in [-0.1, -0.05) is 50.3 Å². The molecule has 0 N–H and O–H groups in total. The molecule has 0 unspecified atom stereocenters. The highest BCUT2D eigenvalue weighted by atomic mass is 16.6. The van der Waals surface area contributed by atoms with Gasteiger partial charge in [0, 0.05) is 11.1 Å². The van der Waals surface area contributed by atoms with Crippen LogP contribution in [0.5, 0.6) is 0 Å². The molecule has 4 aliphatic carbocycles. The fourth-order valence-electron chi connectivity index (χ4n) is 7.52. The summed E-state index contributed by atoms with van der Waals surface area (Å²) in [5.74, 6) is 0.0438. The first-order valence-corrected chi connectivity index (χ1v) is 13.0. The predicted octanol–water partition coefficient (Wildman–Crippen LogP) is 7.49. The van der Waals surface area contributed by atoms with Gasteiger partial charge in [0.15, 0.2) is 0 Å². The van der Waals surface area contributed by atoms with Gasteiger partial charge in [-0.15, -0.1) is 0 Å². The lowest BCUT2D eigenvalue weighted by molar-refractivity contribution is -0.155. The Hall–Kier alpha value is -1.90. The smallest absolute Gasteiger partial charge is 0.341 e. The lowest BCUT2D eigenvalue weighted by Crippen LogP contribution is -2.39. The molecule has 33 heavy (non-hydrogen) atoms. The van der Waals surface area contributed by atoms with Crippen molar-refractivity contribution in [1.82, 2.24) is 0 Å². The van der Waals surface area contributed by atoms with E-state index in [-0.39, 0.29) is 11.8 Å². The maximum atomic E-state index is 12.9. The van der Waals surface area contributed by atoms with E-state index in [9.17, 15) is 9.59 Å². The summed E-state index contributed by atoms with van der Waals surface area (Å²) < 4.78 is 5.35. The molecule has 0 aromatic rings. The Bertz CT molecular complexity index is 847. The second-order valence-electron chi connectivity index (χ2n) is 12.1. The van der Waals surface area contributed by atoms with Crippen molar-refractivity contribution in [3.8, 4) is 0 Å². The third kappa shape index (κ3) is 4.57. The summed E-state index contributed by atoms with van der Waals surface area (Å²) in [6.45, 7) is 17.4. The average Bonchev–Trinajstić information content (AvgIpc) is 2.77. The first-order chi connectivity index (χ1) is 15.5. The molecular formula is C30H42O3. The van der Waals surface area contributed by atoms with E-state index >= 15 is 0 Å². The molecule has 4 rings (SSSR count). The number of carbonyl (C=O) groups excluding carboxylic acids is 2. The van der Waals surface area contributed by atoms with Gasteiger partial charge in [0.1, 0.15) is 0 Å². The largest absolute Gasteiger partial charge is 0.386 e. The van der Waals surface area contributed by atoms with Gasteiger partial charge in [-0.3, -0.25) is 0 Å². The van der Waals surface area contributed by atoms with Gasteiger partial charge in [0.25, 0.3) is 0 Å². The van der Waals surface area contributed by atoms with Gasteiger partial charge < -0.3 is 4.74 Å². The Morgan fingerprint density at radius 1 is 0.788 bits per heavy atom. The minimum atomic E-state index is -0.554.